The maximum absolute atomic E-state index is 5.99. The number of benzene rings is 2. The van der Waals surface area contributed by atoms with Crippen LogP contribution in [-0.4, -0.2) is 4.98 Å². The van der Waals surface area contributed by atoms with Gasteiger partial charge in [0.25, 0.3) is 0 Å². The Morgan fingerprint density at radius 1 is 0.938 bits per heavy atom. The van der Waals surface area contributed by atoms with E-state index in [-0.39, 0.29) is 0 Å². The Morgan fingerprint density at radius 3 is 2.50 bits per heavy atom. The van der Waals surface area contributed by atoms with E-state index in [9.17, 15) is 0 Å². The van der Waals surface area contributed by atoms with Crippen molar-refractivity contribution in [3.63, 3.8) is 0 Å². The van der Waals surface area contributed by atoms with Crippen LogP contribution in [0, 0.1) is 13.8 Å². The number of nitrogens with two attached hydrogens (primary N) is 1. The molecule has 0 aliphatic carbocycles. The third-order valence-electron chi connectivity index (χ3n) is 3.24. The largest absolute Gasteiger partial charge is 0.397 e. The number of aromatic amines is 1. The van der Waals surface area contributed by atoms with Crippen molar-refractivity contribution >= 4 is 27.5 Å². The second-order valence-electron chi connectivity index (χ2n) is 4.34. The van der Waals surface area contributed by atoms with E-state index in [1.165, 1.54) is 27.4 Å². The van der Waals surface area contributed by atoms with Gasteiger partial charge >= 0.3 is 0 Å². The van der Waals surface area contributed by atoms with Crippen LogP contribution in [0.4, 0.5) is 5.69 Å². The molecule has 0 fully saturated rings. The van der Waals surface area contributed by atoms with Crippen molar-refractivity contribution in [3.05, 3.63) is 41.5 Å². The lowest BCUT2D eigenvalue weighted by atomic mass is 10.0. The summed E-state index contributed by atoms with van der Waals surface area (Å²) in [6.45, 7) is 4.26. The topological polar surface area (TPSA) is 41.8 Å². The van der Waals surface area contributed by atoms with E-state index in [0.717, 1.165) is 11.2 Å². The number of hydrogen-bond acceptors (Lipinski definition) is 1. The van der Waals surface area contributed by atoms with Gasteiger partial charge < -0.3 is 10.7 Å². The number of aryl methyl sites for hydroxylation is 2. The third kappa shape index (κ3) is 1.07. The molecule has 0 atom stereocenters. The van der Waals surface area contributed by atoms with Gasteiger partial charge in [-0.3, -0.25) is 0 Å². The van der Waals surface area contributed by atoms with Gasteiger partial charge in [0.05, 0.1) is 11.2 Å². The van der Waals surface area contributed by atoms with Crippen LogP contribution < -0.4 is 5.73 Å². The van der Waals surface area contributed by atoms with Crippen molar-refractivity contribution in [3.8, 4) is 0 Å². The number of nitrogens with one attached hydrogen (secondary N) is 1. The SMILES string of the molecule is Cc1ccc(C)c2c1[nH]c1c(N)cccc12. The van der Waals surface area contributed by atoms with E-state index in [4.69, 9.17) is 5.73 Å². The van der Waals surface area contributed by atoms with Crippen LogP contribution in [0.3, 0.4) is 0 Å². The van der Waals surface area contributed by atoms with Crippen molar-refractivity contribution < 1.29 is 0 Å². The van der Waals surface area contributed by atoms with Crippen molar-refractivity contribution in [2.24, 2.45) is 0 Å². The number of H-pyrrole nitrogens is 1. The van der Waals surface area contributed by atoms with E-state index >= 15 is 0 Å². The van der Waals surface area contributed by atoms with Crippen LogP contribution in [0.1, 0.15) is 11.1 Å². The standard InChI is InChI=1S/C14H14N2/c1-8-6-7-9(2)13-12(8)10-4-3-5-11(15)14(10)16-13/h3-7,16H,15H2,1-2H3. The predicted molar refractivity (Wildman–Crippen MR) is 69.7 cm³/mol. The van der Waals surface area contributed by atoms with Crippen LogP contribution >= 0.6 is 0 Å². The summed E-state index contributed by atoms with van der Waals surface area (Å²) in [6.07, 6.45) is 0. The molecule has 16 heavy (non-hydrogen) atoms. The second kappa shape index (κ2) is 3.01. The summed E-state index contributed by atoms with van der Waals surface area (Å²) in [4.78, 5) is 3.43. The highest BCUT2D eigenvalue weighted by Crippen LogP contribution is 2.32. The number of nitrogen functional groups attached to an aromatic ring is 1. The molecule has 3 N–H and O–H groups in total. The zero-order valence-corrected chi connectivity index (χ0v) is 9.46. The molecule has 3 aromatic rings. The highest BCUT2D eigenvalue weighted by Gasteiger charge is 2.09. The number of fused-ring (bicyclic) bond motifs is 3. The van der Waals surface area contributed by atoms with Gasteiger partial charge in [-0.2, -0.15) is 0 Å². The zero-order chi connectivity index (χ0) is 11.3. The van der Waals surface area contributed by atoms with Gasteiger partial charge in [0.15, 0.2) is 0 Å². The van der Waals surface area contributed by atoms with Gasteiger partial charge in [0.2, 0.25) is 0 Å². The van der Waals surface area contributed by atoms with Gasteiger partial charge in [0, 0.05) is 16.3 Å². The molecule has 0 saturated carbocycles. The first-order valence-corrected chi connectivity index (χ1v) is 5.44. The molecule has 3 rings (SSSR count). The zero-order valence-electron chi connectivity index (χ0n) is 9.46. The lowest BCUT2D eigenvalue weighted by Crippen LogP contribution is -1.84. The molecule has 0 spiro atoms. The molecule has 0 bridgehead atoms. The summed E-state index contributed by atoms with van der Waals surface area (Å²) in [5.74, 6) is 0. The number of aromatic nitrogens is 1. The Morgan fingerprint density at radius 2 is 1.69 bits per heavy atom. The Kier molecular flexibility index (Phi) is 1.75. The maximum atomic E-state index is 5.99. The Labute approximate surface area is 94.1 Å². The van der Waals surface area contributed by atoms with E-state index in [0.29, 0.717) is 0 Å². The smallest absolute Gasteiger partial charge is 0.0698 e. The number of anilines is 1. The van der Waals surface area contributed by atoms with E-state index < -0.39 is 0 Å². The molecule has 0 amide bonds. The molecule has 2 heteroatoms. The number of hydrogen-bond donors (Lipinski definition) is 2. The molecule has 0 radical (unpaired) electrons. The minimum atomic E-state index is 0.813. The Hall–Kier alpha value is -1.96. The fraction of sp³-hybridized carbons (Fsp3) is 0.143. The summed E-state index contributed by atoms with van der Waals surface area (Å²) in [6, 6.07) is 10.4. The van der Waals surface area contributed by atoms with Crippen molar-refractivity contribution in [2.45, 2.75) is 13.8 Å². The summed E-state index contributed by atoms with van der Waals surface area (Å²) in [5.41, 5.74) is 11.6. The average Bonchev–Trinajstić information content (AvgIpc) is 2.66. The van der Waals surface area contributed by atoms with Gasteiger partial charge in [-0.1, -0.05) is 24.3 Å². The van der Waals surface area contributed by atoms with Crippen LogP contribution in [0.5, 0.6) is 0 Å². The van der Waals surface area contributed by atoms with E-state index in [1.807, 2.05) is 12.1 Å². The van der Waals surface area contributed by atoms with Crippen molar-refractivity contribution in [2.75, 3.05) is 5.73 Å². The normalized spacial score (nSPS) is 11.4. The van der Waals surface area contributed by atoms with Crippen LogP contribution in [0.25, 0.3) is 21.8 Å². The quantitative estimate of drug-likeness (QED) is 0.548. The summed E-state index contributed by atoms with van der Waals surface area (Å²) < 4.78 is 0. The molecule has 2 aromatic carbocycles. The molecular formula is C14H14N2. The average molecular weight is 210 g/mol. The van der Waals surface area contributed by atoms with Gasteiger partial charge in [-0.15, -0.1) is 0 Å². The third-order valence-corrected chi connectivity index (χ3v) is 3.24. The first kappa shape index (κ1) is 9.28. The minimum absolute atomic E-state index is 0.813. The Bertz CT molecular complexity index is 693. The van der Waals surface area contributed by atoms with Crippen LogP contribution in [0.2, 0.25) is 0 Å². The summed E-state index contributed by atoms with van der Waals surface area (Å²) in [5, 5.41) is 2.51. The second-order valence-corrected chi connectivity index (χ2v) is 4.34. The van der Waals surface area contributed by atoms with Gasteiger partial charge in [-0.05, 0) is 31.0 Å². The van der Waals surface area contributed by atoms with E-state index in [1.54, 1.807) is 0 Å². The fourth-order valence-corrected chi connectivity index (χ4v) is 2.36. The molecule has 0 aliphatic rings. The Balaban J connectivity index is 2.66. The summed E-state index contributed by atoms with van der Waals surface area (Å²) >= 11 is 0. The first-order chi connectivity index (χ1) is 7.68. The van der Waals surface area contributed by atoms with Crippen LogP contribution in [0.15, 0.2) is 30.3 Å². The minimum Gasteiger partial charge on any atom is -0.397 e. The molecular weight excluding hydrogens is 196 g/mol. The lowest BCUT2D eigenvalue weighted by molar-refractivity contribution is 1.42. The van der Waals surface area contributed by atoms with E-state index in [2.05, 4.69) is 37.0 Å². The molecule has 1 heterocycles. The predicted octanol–water partition coefficient (Wildman–Crippen LogP) is 3.52. The molecule has 0 saturated heterocycles. The highest BCUT2D eigenvalue weighted by molar-refractivity contribution is 6.12. The maximum Gasteiger partial charge on any atom is 0.0698 e. The summed E-state index contributed by atoms with van der Waals surface area (Å²) in [7, 11) is 0. The van der Waals surface area contributed by atoms with Crippen LogP contribution in [-0.2, 0) is 0 Å². The number of para-hydroxylation sites is 1. The lowest BCUT2D eigenvalue weighted by Gasteiger charge is -1.99. The number of rotatable bonds is 0. The molecule has 0 aliphatic heterocycles. The molecule has 2 nitrogen and oxygen atoms in total. The molecule has 0 unspecified atom stereocenters. The van der Waals surface area contributed by atoms with Gasteiger partial charge in [0.1, 0.15) is 0 Å². The van der Waals surface area contributed by atoms with Crippen molar-refractivity contribution in [1.29, 1.82) is 0 Å². The fourth-order valence-electron chi connectivity index (χ4n) is 2.36. The first-order valence-electron chi connectivity index (χ1n) is 5.44. The van der Waals surface area contributed by atoms with Crippen molar-refractivity contribution in [1.82, 2.24) is 4.98 Å². The molecule has 1 aromatic heterocycles. The highest BCUT2D eigenvalue weighted by atomic mass is 14.7. The van der Waals surface area contributed by atoms with Gasteiger partial charge in [-0.25, -0.2) is 0 Å². The molecule has 80 valence electrons. The monoisotopic (exact) mass is 210 g/mol.